The molecule has 0 atom stereocenters. The van der Waals surface area contributed by atoms with Gasteiger partial charge in [-0.05, 0) is 22.0 Å². The molecule has 0 N–H and O–H groups in total. The van der Waals surface area contributed by atoms with Crippen molar-refractivity contribution >= 4 is 39.3 Å². The summed E-state index contributed by atoms with van der Waals surface area (Å²) in [5, 5.41) is 0.558. The summed E-state index contributed by atoms with van der Waals surface area (Å²) in [4.78, 5) is 19.0. The van der Waals surface area contributed by atoms with Crippen LogP contribution in [0.2, 0.25) is 5.02 Å². The number of halogens is 2. The molecule has 0 aliphatic heterocycles. The molecule has 1 aromatic heterocycles. The van der Waals surface area contributed by atoms with Crippen molar-refractivity contribution in [3.8, 4) is 0 Å². The van der Waals surface area contributed by atoms with Gasteiger partial charge in [0.2, 0.25) is 5.91 Å². The Balaban J connectivity index is 2.80. The van der Waals surface area contributed by atoms with E-state index in [2.05, 4.69) is 20.9 Å². The number of hydrogen-bond donors (Lipinski definition) is 0. The molecule has 0 aliphatic carbocycles. The van der Waals surface area contributed by atoms with E-state index in [1.165, 1.54) is 0 Å². The normalized spacial score (nSPS) is 10.1. The van der Waals surface area contributed by atoms with Crippen LogP contribution in [0.25, 0.3) is 0 Å². The van der Waals surface area contributed by atoms with E-state index in [1.807, 2.05) is 7.05 Å². The molecular weight excluding hydrogens is 293 g/mol. The lowest BCUT2D eigenvalue weighted by Gasteiger charge is -2.21. The summed E-state index contributed by atoms with van der Waals surface area (Å²) in [6.07, 6.45) is 1.55. The highest BCUT2D eigenvalue weighted by molar-refractivity contribution is 9.10. The van der Waals surface area contributed by atoms with Gasteiger partial charge in [-0.15, -0.1) is 0 Å². The molecule has 16 heavy (non-hydrogen) atoms. The average Bonchev–Trinajstić information content (AvgIpc) is 2.16. The fourth-order valence-corrected chi connectivity index (χ4v) is 2.05. The van der Waals surface area contributed by atoms with Crippen LogP contribution in [0.5, 0.6) is 0 Å². The summed E-state index contributed by atoms with van der Waals surface area (Å²) in [6, 6.07) is 1.75. The molecule has 0 radical (unpaired) electrons. The predicted molar refractivity (Wildman–Crippen MR) is 68.9 cm³/mol. The largest absolute Gasteiger partial charge is 0.349 e. The van der Waals surface area contributed by atoms with Gasteiger partial charge in [-0.1, -0.05) is 11.6 Å². The van der Waals surface area contributed by atoms with Gasteiger partial charge >= 0.3 is 0 Å². The Morgan fingerprint density at radius 3 is 2.62 bits per heavy atom. The number of nitrogens with zero attached hydrogens (tertiary/aromatic N) is 3. The fraction of sp³-hybridized carbons (Fsp3) is 0.400. The van der Waals surface area contributed by atoms with Crippen LogP contribution in [0.3, 0.4) is 0 Å². The van der Waals surface area contributed by atoms with Gasteiger partial charge in [0.25, 0.3) is 0 Å². The average molecular weight is 307 g/mol. The number of carbonyl (C=O) groups is 1. The number of rotatable bonds is 3. The Labute approximate surface area is 108 Å². The molecule has 1 rings (SSSR count). The first-order valence-corrected chi connectivity index (χ1v) is 5.81. The van der Waals surface area contributed by atoms with Gasteiger partial charge in [-0.3, -0.25) is 4.79 Å². The SMILES string of the molecule is CN(C)C(=O)CN(C)c1ncc(Cl)cc1Br. The molecule has 0 saturated heterocycles. The number of carbonyl (C=O) groups excluding carboxylic acids is 1. The molecule has 1 amide bonds. The molecule has 6 heteroatoms. The van der Waals surface area contributed by atoms with Gasteiger partial charge in [0, 0.05) is 27.3 Å². The van der Waals surface area contributed by atoms with Crippen molar-refractivity contribution in [1.82, 2.24) is 9.88 Å². The van der Waals surface area contributed by atoms with Crippen LogP contribution in [-0.4, -0.2) is 43.5 Å². The number of hydrogen-bond acceptors (Lipinski definition) is 3. The standard InChI is InChI=1S/C10H13BrClN3O/c1-14(2)9(16)6-15(3)10-8(11)4-7(12)5-13-10/h4-5H,6H2,1-3H3. The third-order valence-electron chi connectivity index (χ3n) is 2.02. The predicted octanol–water partition coefficient (Wildman–Crippen LogP) is 2.02. The highest BCUT2D eigenvalue weighted by Crippen LogP contribution is 2.25. The summed E-state index contributed by atoms with van der Waals surface area (Å²) in [6.45, 7) is 0.278. The Kier molecular flexibility index (Phi) is 4.56. The number of pyridine rings is 1. The Morgan fingerprint density at radius 1 is 1.50 bits per heavy atom. The van der Waals surface area contributed by atoms with E-state index in [0.717, 1.165) is 4.47 Å². The lowest BCUT2D eigenvalue weighted by molar-refractivity contribution is -0.127. The Bertz CT molecular complexity index is 398. The van der Waals surface area contributed by atoms with Crippen molar-refractivity contribution in [2.45, 2.75) is 0 Å². The monoisotopic (exact) mass is 305 g/mol. The third-order valence-corrected chi connectivity index (χ3v) is 2.81. The first kappa shape index (κ1) is 13.3. The lowest BCUT2D eigenvalue weighted by Crippen LogP contribution is -2.34. The maximum atomic E-state index is 11.5. The molecule has 0 saturated carbocycles. The summed E-state index contributed by atoms with van der Waals surface area (Å²) >= 11 is 9.15. The van der Waals surface area contributed by atoms with Crippen LogP contribution in [0.4, 0.5) is 5.82 Å². The second-order valence-corrected chi connectivity index (χ2v) is 4.89. The zero-order valence-electron chi connectivity index (χ0n) is 9.37. The van der Waals surface area contributed by atoms with Gasteiger partial charge in [-0.2, -0.15) is 0 Å². The van der Waals surface area contributed by atoms with Crippen LogP contribution >= 0.6 is 27.5 Å². The summed E-state index contributed by atoms with van der Waals surface area (Å²) in [5.41, 5.74) is 0. The molecule has 0 spiro atoms. The molecule has 1 aromatic rings. The van der Waals surface area contributed by atoms with Crippen molar-refractivity contribution < 1.29 is 4.79 Å². The van der Waals surface area contributed by atoms with E-state index in [4.69, 9.17) is 11.6 Å². The van der Waals surface area contributed by atoms with E-state index in [0.29, 0.717) is 10.8 Å². The molecule has 0 unspecified atom stereocenters. The zero-order valence-corrected chi connectivity index (χ0v) is 11.7. The van der Waals surface area contributed by atoms with E-state index in [9.17, 15) is 4.79 Å². The number of aromatic nitrogens is 1. The van der Waals surface area contributed by atoms with Crippen LogP contribution in [0, 0.1) is 0 Å². The van der Waals surface area contributed by atoms with Crippen LogP contribution in [0.15, 0.2) is 16.7 Å². The van der Waals surface area contributed by atoms with Gasteiger partial charge in [0.15, 0.2) is 0 Å². The van der Waals surface area contributed by atoms with E-state index >= 15 is 0 Å². The molecule has 4 nitrogen and oxygen atoms in total. The first-order valence-electron chi connectivity index (χ1n) is 4.64. The second-order valence-electron chi connectivity index (χ2n) is 3.60. The molecular formula is C10H13BrClN3O. The number of amides is 1. The maximum absolute atomic E-state index is 11.5. The van der Waals surface area contributed by atoms with E-state index in [1.54, 1.807) is 36.2 Å². The summed E-state index contributed by atoms with van der Waals surface area (Å²) in [7, 11) is 5.25. The lowest BCUT2D eigenvalue weighted by atomic mass is 10.4. The minimum absolute atomic E-state index is 0.0196. The van der Waals surface area contributed by atoms with Crippen molar-refractivity contribution in [2.75, 3.05) is 32.6 Å². The van der Waals surface area contributed by atoms with Crippen molar-refractivity contribution in [2.24, 2.45) is 0 Å². The molecule has 0 aliphatic rings. The number of anilines is 1. The molecule has 0 aromatic carbocycles. The Hall–Kier alpha value is -0.810. The zero-order chi connectivity index (χ0) is 12.3. The third kappa shape index (κ3) is 3.35. The molecule has 0 bridgehead atoms. The van der Waals surface area contributed by atoms with Crippen LogP contribution in [-0.2, 0) is 4.79 Å². The highest BCUT2D eigenvalue weighted by Gasteiger charge is 2.12. The molecule has 1 heterocycles. The molecule has 0 fully saturated rings. The maximum Gasteiger partial charge on any atom is 0.241 e. The first-order chi connectivity index (χ1) is 7.41. The fourth-order valence-electron chi connectivity index (χ4n) is 1.11. The van der Waals surface area contributed by atoms with E-state index < -0.39 is 0 Å². The summed E-state index contributed by atoms with van der Waals surface area (Å²) < 4.78 is 0.772. The van der Waals surface area contributed by atoms with Crippen LogP contribution < -0.4 is 4.90 Å². The van der Waals surface area contributed by atoms with Gasteiger partial charge < -0.3 is 9.80 Å². The topological polar surface area (TPSA) is 36.4 Å². The minimum atomic E-state index is 0.0196. The smallest absolute Gasteiger partial charge is 0.241 e. The number of likely N-dealkylation sites (N-methyl/N-ethyl adjacent to an activating group) is 2. The van der Waals surface area contributed by atoms with Crippen molar-refractivity contribution in [1.29, 1.82) is 0 Å². The molecule has 88 valence electrons. The summed E-state index contributed by atoms with van der Waals surface area (Å²) in [5.74, 6) is 0.714. The Morgan fingerprint density at radius 2 is 2.12 bits per heavy atom. The van der Waals surface area contributed by atoms with Crippen molar-refractivity contribution in [3.05, 3.63) is 21.8 Å². The quantitative estimate of drug-likeness (QED) is 0.857. The highest BCUT2D eigenvalue weighted by atomic mass is 79.9. The van der Waals surface area contributed by atoms with Gasteiger partial charge in [0.1, 0.15) is 5.82 Å². The second kappa shape index (κ2) is 5.50. The van der Waals surface area contributed by atoms with Gasteiger partial charge in [-0.25, -0.2) is 4.98 Å². The minimum Gasteiger partial charge on any atom is -0.349 e. The van der Waals surface area contributed by atoms with E-state index in [-0.39, 0.29) is 12.5 Å². The van der Waals surface area contributed by atoms with Crippen LogP contribution in [0.1, 0.15) is 0 Å². The van der Waals surface area contributed by atoms with Crippen molar-refractivity contribution in [3.63, 3.8) is 0 Å². The van der Waals surface area contributed by atoms with Gasteiger partial charge in [0.05, 0.1) is 16.0 Å².